The molecule has 1 aliphatic carbocycles. The van der Waals surface area contributed by atoms with Crippen LogP contribution in [0, 0.1) is 17.8 Å². The first-order chi connectivity index (χ1) is 6.82. The highest BCUT2D eigenvalue weighted by molar-refractivity contribution is 4.81. The first-order valence-electron chi connectivity index (χ1n) is 5.57. The molecule has 1 N–H and O–H groups in total. The maximum absolute atomic E-state index is 12.4. The lowest BCUT2D eigenvalue weighted by molar-refractivity contribution is -0.186. The second-order valence-electron chi connectivity index (χ2n) is 4.89. The summed E-state index contributed by atoms with van der Waals surface area (Å²) in [6, 6.07) is 0. The molecule has 0 radical (unpaired) electrons. The van der Waals surface area contributed by atoms with E-state index >= 15 is 0 Å². The van der Waals surface area contributed by atoms with Crippen LogP contribution in [-0.2, 0) is 0 Å². The largest absolute Gasteiger partial charge is 0.393 e. The van der Waals surface area contributed by atoms with Gasteiger partial charge in [0.1, 0.15) is 0 Å². The number of halogens is 3. The fourth-order valence-electron chi connectivity index (χ4n) is 2.33. The van der Waals surface area contributed by atoms with Gasteiger partial charge in [0.25, 0.3) is 0 Å². The van der Waals surface area contributed by atoms with Crippen LogP contribution in [-0.4, -0.2) is 17.4 Å². The molecule has 0 aromatic heterocycles. The minimum atomic E-state index is -4.05. The highest BCUT2D eigenvalue weighted by atomic mass is 19.4. The Balaban J connectivity index is 2.42. The minimum Gasteiger partial charge on any atom is -0.393 e. The average Bonchev–Trinajstić information content (AvgIpc) is 2.15. The highest BCUT2D eigenvalue weighted by Crippen LogP contribution is 2.41. The highest BCUT2D eigenvalue weighted by Gasteiger charge is 2.42. The Morgan fingerprint density at radius 1 is 1.07 bits per heavy atom. The predicted octanol–water partition coefficient (Wildman–Crippen LogP) is 3.37. The summed E-state index contributed by atoms with van der Waals surface area (Å²) in [5.41, 5.74) is 0. The van der Waals surface area contributed by atoms with E-state index in [-0.39, 0.29) is 24.7 Å². The number of rotatable bonds is 2. The minimum absolute atomic E-state index is 0.0589. The lowest BCUT2D eigenvalue weighted by atomic mass is 9.77. The average molecular weight is 224 g/mol. The molecule has 1 aliphatic rings. The molecule has 15 heavy (non-hydrogen) atoms. The fourth-order valence-corrected chi connectivity index (χ4v) is 2.33. The number of alkyl halides is 3. The Morgan fingerprint density at radius 3 is 1.87 bits per heavy atom. The van der Waals surface area contributed by atoms with Crippen LogP contribution in [0.25, 0.3) is 0 Å². The van der Waals surface area contributed by atoms with Crippen LogP contribution in [0.1, 0.15) is 39.5 Å². The van der Waals surface area contributed by atoms with Crippen LogP contribution in [0.5, 0.6) is 0 Å². The lowest BCUT2D eigenvalue weighted by Gasteiger charge is -2.33. The van der Waals surface area contributed by atoms with Crippen molar-refractivity contribution in [2.45, 2.75) is 51.8 Å². The summed E-state index contributed by atoms with van der Waals surface area (Å²) in [6.07, 6.45) is -3.13. The maximum atomic E-state index is 12.4. The van der Waals surface area contributed by atoms with E-state index in [2.05, 4.69) is 0 Å². The zero-order chi connectivity index (χ0) is 11.6. The number of hydrogen-bond acceptors (Lipinski definition) is 1. The molecule has 0 saturated heterocycles. The van der Waals surface area contributed by atoms with E-state index in [0.29, 0.717) is 12.8 Å². The third-order valence-electron chi connectivity index (χ3n) is 3.40. The summed E-state index contributed by atoms with van der Waals surface area (Å²) in [5.74, 6) is -0.950. The van der Waals surface area contributed by atoms with Gasteiger partial charge in [0.2, 0.25) is 0 Å². The van der Waals surface area contributed by atoms with E-state index in [9.17, 15) is 18.3 Å². The van der Waals surface area contributed by atoms with E-state index in [0.717, 1.165) is 0 Å². The van der Waals surface area contributed by atoms with Crippen molar-refractivity contribution in [2.75, 3.05) is 0 Å². The van der Waals surface area contributed by atoms with Crippen LogP contribution in [0.4, 0.5) is 13.2 Å². The van der Waals surface area contributed by atoms with Crippen molar-refractivity contribution in [3.8, 4) is 0 Å². The van der Waals surface area contributed by atoms with E-state index in [4.69, 9.17) is 0 Å². The van der Waals surface area contributed by atoms with Crippen molar-refractivity contribution >= 4 is 0 Å². The summed E-state index contributed by atoms with van der Waals surface area (Å²) < 4.78 is 37.1. The van der Waals surface area contributed by atoms with Gasteiger partial charge in [-0.1, -0.05) is 13.8 Å². The zero-order valence-electron chi connectivity index (χ0n) is 9.22. The Kier molecular flexibility index (Phi) is 4.04. The van der Waals surface area contributed by atoms with Gasteiger partial charge < -0.3 is 5.11 Å². The number of aliphatic hydroxyl groups is 1. The second kappa shape index (κ2) is 4.73. The van der Waals surface area contributed by atoms with Crippen LogP contribution in [0.2, 0.25) is 0 Å². The molecule has 1 unspecified atom stereocenters. The van der Waals surface area contributed by atoms with Crippen LogP contribution < -0.4 is 0 Å². The summed E-state index contributed by atoms with van der Waals surface area (Å²) in [6.45, 7) is 3.81. The molecule has 1 fully saturated rings. The molecule has 0 aromatic rings. The van der Waals surface area contributed by atoms with Gasteiger partial charge in [-0.05, 0) is 37.5 Å². The Morgan fingerprint density at radius 2 is 1.53 bits per heavy atom. The van der Waals surface area contributed by atoms with Crippen molar-refractivity contribution in [1.82, 2.24) is 0 Å². The van der Waals surface area contributed by atoms with Gasteiger partial charge >= 0.3 is 6.18 Å². The molecule has 1 nitrogen and oxygen atoms in total. The summed E-state index contributed by atoms with van der Waals surface area (Å²) in [5, 5.41) is 9.76. The monoisotopic (exact) mass is 224 g/mol. The van der Waals surface area contributed by atoms with Crippen molar-refractivity contribution in [2.24, 2.45) is 17.8 Å². The van der Waals surface area contributed by atoms with Crippen molar-refractivity contribution in [3.63, 3.8) is 0 Å². The summed E-state index contributed by atoms with van der Waals surface area (Å²) in [7, 11) is 0. The molecule has 4 heteroatoms. The molecule has 1 rings (SSSR count). The number of aliphatic hydroxyl groups excluding tert-OH is 1. The van der Waals surface area contributed by atoms with Crippen LogP contribution in [0.3, 0.4) is 0 Å². The molecule has 0 amide bonds. The predicted molar refractivity (Wildman–Crippen MR) is 52.3 cm³/mol. The van der Waals surface area contributed by atoms with E-state index < -0.39 is 18.2 Å². The molecule has 0 aromatic carbocycles. The molecule has 1 atom stereocenters. The third-order valence-corrected chi connectivity index (χ3v) is 3.40. The summed E-state index contributed by atoms with van der Waals surface area (Å²) in [4.78, 5) is 0. The first kappa shape index (κ1) is 12.8. The molecular formula is C11H19F3O. The normalized spacial score (nSPS) is 30.6. The third kappa shape index (κ3) is 3.37. The Hall–Kier alpha value is -0.250. The zero-order valence-corrected chi connectivity index (χ0v) is 9.22. The molecule has 0 aliphatic heterocycles. The Bertz CT molecular complexity index is 192. The van der Waals surface area contributed by atoms with E-state index in [1.165, 1.54) is 0 Å². The molecule has 90 valence electrons. The molecule has 1 saturated carbocycles. The molecule has 0 bridgehead atoms. The van der Waals surface area contributed by atoms with Gasteiger partial charge in [0, 0.05) is 0 Å². The second-order valence-corrected chi connectivity index (χ2v) is 4.89. The van der Waals surface area contributed by atoms with Crippen LogP contribution >= 0.6 is 0 Å². The first-order valence-corrected chi connectivity index (χ1v) is 5.57. The van der Waals surface area contributed by atoms with Crippen molar-refractivity contribution in [3.05, 3.63) is 0 Å². The SMILES string of the molecule is CC(C)C(O)C1CCC(C(F)(F)F)CC1. The standard InChI is InChI=1S/C11H19F3O/c1-7(2)10(15)8-3-5-9(6-4-8)11(12,13)14/h7-10,15H,3-6H2,1-2H3. The molecule has 0 spiro atoms. The fraction of sp³-hybridized carbons (Fsp3) is 1.00. The van der Waals surface area contributed by atoms with Crippen molar-refractivity contribution in [1.29, 1.82) is 0 Å². The van der Waals surface area contributed by atoms with E-state index in [1.54, 1.807) is 0 Å². The van der Waals surface area contributed by atoms with Gasteiger partial charge in [-0.15, -0.1) is 0 Å². The summed E-state index contributed by atoms with van der Waals surface area (Å²) >= 11 is 0. The lowest BCUT2D eigenvalue weighted by Crippen LogP contribution is -2.34. The molecule has 0 heterocycles. The van der Waals surface area contributed by atoms with Gasteiger partial charge in [-0.3, -0.25) is 0 Å². The smallest absolute Gasteiger partial charge is 0.391 e. The quantitative estimate of drug-likeness (QED) is 0.762. The topological polar surface area (TPSA) is 20.2 Å². The van der Waals surface area contributed by atoms with Gasteiger partial charge in [0.05, 0.1) is 12.0 Å². The molecular weight excluding hydrogens is 205 g/mol. The maximum Gasteiger partial charge on any atom is 0.391 e. The Labute approximate surface area is 88.7 Å². The van der Waals surface area contributed by atoms with Crippen LogP contribution in [0.15, 0.2) is 0 Å². The number of hydrogen-bond donors (Lipinski definition) is 1. The van der Waals surface area contributed by atoms with Gasteiger partial charge in [-0.2, -0.15) is 13.2 Å². The van der Waals surface area contributed by atoms with Gasteiger partial charge in [-0.25, -0.2) is 0 Å². The van der Waals surface area contributed by atoms with Crippen molar-refractivity contribution < 1.29 is 18.3 Å². The van der Waals surface area contributed by atoms with Gasteiger partial charge in [0.15, 0.2) is 0 Å². The van der Waals surface area contributed by atoms with E-state index in [1.807, 2.05) is 13.8 Å².